The van der Waals surface area contributed by atoms with E-state index in [1.54, 1.807) is 0 Å². The number of rotatable bonds is 4. The summed E-state index contributed by atoms with van der Waals surface area (Å²) in [5.41, 5.74) is 5.83. The van der Waals surface area contributed by atoms with Crippen molar-refractivity contribution in [3.05, 3.63) is 0 Å². The molecule has 1 fully saturated rings. The monoisotopic (exact) mass is 201 g/mol. The summed E-state index contributed by atoms with van der Waals surface area (Å²) >= 11 is 1.97. The molecule has 1 rings (SSSR count). The van der Waals surface area contributed by atoms with Crippen molar-refractivity contribution in [1.82, 2.24) is 0 Å². The molecular weight excluding hydrogens is 178 g/mol. The minimum Gasteiger partial charge on any atom is -0.330 e. The molecule has 2 unspecified atom stereocenters. The maximum absolute atomic E-state index is 5.83. The molecule has 0 aliphatic heterocycles. The summed E-state index contributed by atoms with van der Waals surface area (Å²) in [5, 5.41) is 0. The Morgan fingerprint density at radius 1 is 1.15 bits per heavy atom. The molecule has 1 nitrogen and oxygen atoms in total. The van der Waals surface area contributed by atoms with Crippen LogP contribution in [0, 0.1) is 11.8 Å². The molecule has 0 radical (unpaired) electrons. The highest BCUT2D eigenvalue weighted by atomic mass is 32.2. The molecule has 1 aliphatic carbocycles. The van der Waals surface area contributed by atoms with Gasteiger partial charge in [0.15, 0.2) is 0 Å². The lowest BCUT2D eigenvalue weighted by molar-refractivity contribution is 0.313. The lowest BCUT2D eigenvalue weighted by Gasteiger charge is -2.23. The first-order valence-corrected chi connectivity index (χ1v) is 6.97. The minimum atomic E-state index is 0.828. The first-order chi connectivity index (χ1) is 6.38. The van der Waals surface area contributed by atoms with Gasteiger partial charge in [-0.25, -0.2) is 0 Å². The van der Waals surface area contributed by atoms with Crippen LogP contribution in [0.25, 0.3) is 0 Å². The van der Waals surface area contributed by atoms with E-state index in [9.17, 15) is 0 Å². The van der Waals surface area contributed by atoms with Gasteiger partial charge in [0, 0.05) is 0 Å². The van der Waals surface area contributed by atoms with Crippen LogP contribution in [0.1, 0.15) is 38.5 Å². The quantitative estimate of drug-likeness (QED) is 0.708. The van der Waals surface area contributed by atoms with Crippen molar-refractivity contribution in [3.8, 4) is 0 Å². The standard InChI is InChI=1S/C11H23NS/c1-13-8-7-10-5-3-2-4-6-11(10)9-12/h10-11H,2-9,12H2,1H3. The zero-order valence-corrected chi connectivity index (χ0v) is 9.61. The fraction of sp³-hybridized carbons (Fsp3) is 1.00. The second kappa shape index (κ2) is 6.72. The molecule has 0 heterocycles. The van der Waals surface area contributed by atoms with Crippen LogP contribution in [0.15, 0.2) is 0 Å². The van der Waals surface area contributed by atoms with Crippen LogP contribution in [-0.2, 0) is 0 Å². The molecule has 2 heteroatoms. The lowest BCUT2D eigenvalue weighted by Crippen LogP contribution is -2.23. The molecule has 0 aromatic carbocycles. The van der Waals surface area contributed by atoms with E-state index in [1.807, 2.05) is 11.8 Å². The normalized spacial score (nSPS) is 30.0. The maximum Gasteiger partial charge on any atom is -0.00462 e. The summed E-state index contributed by atoms with van der Waals surface area (Å²) in [4.78, 5) is 0. The highest BCUT2D eigenvalue weighted by molar-refractivity contribution is 7.98. The number of hydrogen-bond acceptors (Lipinski definition) is 2. The van der Waals surface area contributed by atoms with Crippen molar-refractivity contribution in [2.45, 2.75) is 38.5 Å². The topological polar surface area (TPSA) is 26.0 Å². The van der Waals surface area contributed by atoms with Crippen LogP contribution in [0.5, 0.6) is 0 Å². The summed E-state index contributed by atoms with van der Waals surface area (Å²) in [7, 11) is 0. The first kappa shape index (κ1) is 11.4. The zero-order valence-electron chi connectivity index (χ0n) is 8.80. The molecule has 1 aliphatic rings. The van der Waals surface area contributed by atoms with Gasteiger partial charge in [-0.3, -0.25) is 0 Å². The van der Waals surface area contributed by atoms with Crippen LogP contribution in [0.3, 0.4) is 0 Å². The summed E-state index contributed by atoms with van der Waals surface area (Å²) < 4.78 is 0. The molecule has 1 saturated carbocycles. The predicted molar refractivity (Wildman–Crippen MR) is 62.1 cm³/mol. The van der Waals surface area contributed by atoms with E-state index in [0.717, 1.165) is 18.4 Å². The summed E-state index contributed by atoms with van der Waals surface area (Å²) in [5.74, 6) is 3.08. The van der Waals surface area contributed by atoms with Gasteiger partial charge in [0.2, 0.25) is 0 Å². The van der Waals surface area contributed by atoms with Gasteiger partial charge in [-0.05, 0) is 43.2 Å². The van der Waals surface area contributed by atoms with Gasteiger partial charge in [0.25, 0.3) is 0 Å². The molecule has 0 bridgehead atoms. The fourth-order valence-electron chi connectivity index (χ4n) is 2.42. The Morgan fingerprint density at radius 3 is 2.46 bits per heavy atom. The zero-order chi connectivity index (χ0) is 9.52. The average Bonchev–Trinajstić information content (AvgIpc) is 2.39. The molecule has 0 aromatic rings. The van der Waals surface area contributed by atoms with Crippen molar-refractivity contribution < 1.29 is 0 Å². The first-order valence-electron chi connectivity index (χ1n) is 5.57. The predicted octanol–water partition coefficient (Wildman–Crippen LogP) is 2.89. The van der Waals surface area contributed by atoms with Gasteiger partial charge in [-0.15, -0.1) is 0 Å². The molecule has 0 saturated heterocycles. The number of hydrogen-bond donors (Lipinski definition) is 1. The summed E-state index contributed by atoms with van der Waals surface area (Å²) in [6, 6.07) is 0. The SMILES string of the molecule is CSCCC1CCCCCC1CN. The number of nitrogens with two attached hydrogens (primary N) is 1. The van der Waals surface area contributed by atoms with Crippen molar-refractivity contribution in [3.63, 3.8) is 0 Å². The van der Waals surface area contributed by atoms with Crippen LogP contribution < -0.4 is 5.73 Å². The Labute approximate surface area is 86.8 Å². The molecule has 0 aromatic heterocycles. The van der Waals surface area contributed by atoms with Gasteiger partial charge < -0.3 is 5.73 Å². The van der Waals surface area contributed by atoms with E-state index >= 15 is 0 Å². The third-order valence-electron chi connectivity index (χ3n) is 3.31. The molecule has 2 N–H and O–H groups in total. The van der Waals surface area contributed by atoms with Crippen LogP contribution in [0.2, 0.25) is 0 Å². The van der Waals surface area contributed by atoms with Crippen LogP contribution >= 0.6 is 11.8 Å². The Morgan fingerprint density at radius 2 is 1.85 bits per heavy atom. The van der Waals surface area contributed by atoms with E-state index in [1.165, 1.54) is 44.3 Å². The number of thioether (sulfide) groups is 1. The van der Waals surface area contributed by atoms with Gasteiger partial charge >= 0.3 is 0 Å². The Balaban J connectivity index is 2.34. The third kappa shape index (κ3) is 3.90. The molecule has 13 heavy (non-hydrogen) atoms. The van der Waals surface area contributed by atoms with Crippen molar-refractivity contribution in [1.29, 1.82) is 0 Å². The van der Waals surface area contributed by atoms with Gasteiger partial charge in [0.1, 0.15) is 0 Å². The van der Waals surface area contributed by atoms with Crippen molar-refractivity contribution in [2.24, 2.45) is 17.6 Å². The molecule has 0 amide bonds. The van der Waals surface area contributed by atoms with E-state index in [0.29, 0.717) is 0 Å². The Kier molecular flexibility index (Phi) is 5.88. The maximum atomic E-state index is 5.83. The molecular formula is C11H23NS. The fourth-order valence-corrected chi connectivity index (χ4v) is 2.96. The van der Waals surface area contributed by atoms with E-state index < -0.39 is 0 Å². The summed E-state index contributed by atoms with van der Waals surface area (Å²) in [6.07, 6.45) is 10.7. The smallest absolute Gasteiger partial charge is 0.00462 e. The van der Waals surface area contributed by atoms with Gasteiger partial charge in [0.05, 0.1) is 0 Å². The van der Waals surface area contributed by atoms with Crippen LogP contribution in [-0.4, -0.2) is 18.6 Å². The molecule has 0 spiro atoms. The van der Waals surface area contributed by atoms with Crippen LogP contribution in [0.4, 0.5) is 0 Å². The lowest BCUT2D eigenvalue weighted by atomic mass is 9.86. The second-order valence-corrected chi connectivity index (χ2v) is 5.16. The highest BCUT2D eigenvalue weighted by Crippen LogP contribution is 2.31. The van der Waals surface area contributed by atoms with E-state index in [4.69, 9.17) is 5.73 Å². The van der Waals surface area contributed by atoms with Gasteiger partial charge in [-0.2, -0.15) is 11.8 Å². The molecule has 2 atom stereocenters. The Bertz CT molecular complexity index is 127. The van der Waals surface area contributed by atoms with Crippen molar-refractivity contribution in [2.75, 3.05) is 18.6 Å². The highest BCUT2D eigenvalue weighted by Gasteiger charge is 2.21. The average molecular weight is 201 g/mol. The van der Waals surface area contributed by atoms with E-state index in [2.05, 4.69) is 6.26 Å². The Hall–Kier alpha value is 0.310. The van der Waals surface area contributed by atoms with Crippen molar-refractivity contribution >= 4 is 11.8 Å². The third-order valence-corrected chi connectivity index (χ3v) is 3.96. The largest absolute Gasteiger partial charge is 0.330 e. The minimum absolute atomic E-state index is 0.828. The second-order valence-electron chi connectivity index (χ2n) is 4.18. The van der Waals surface area contributed by atoms with Gasteiger partial charge in [-0.1, -0.05) is 25.7 Å². The molecule has 78 valence electrons. The van der Waals surface area contributed by atoms with E-state index in [-0.39, 0.29) is 0 Å². The summed E-state index contributed by atoms with van der Waals surface area (Å²) in [6.45, 7) is 0.916.